The lowest BCUT2D eigenvalue weighted by molar-refractivity contribution is 0.0921. The molecular formula is C10H20O2. The van der Waals surface area contributed by atoms with Crippen LogP contribution in [0.3, 0.4) is 0 Å². The molecule has 1 rings (SSSR count). The van der Waals surface area contributed by atoms with E-state index >= 15 is 0 Å². The van der Waals surface area contributed by atoms with E-state index in [4.69, 9.17) is 9.47 Å². The van der Waals surface area contributed by atoms with E-state index in [2.05, 4.69) is 20.8 Å². The third kappa shape index (κ3) is 3.11. The summed E-state index contributed by atoms with van der Waals surface area (Å²) in [6.45, 7) is 8.25. The number of rotatable bonds is 6. The van der Waals surface area contributed by atoms with Crippen molar-refractivity contribution in [3.8, 4) is 0 Å². The highest BCUT2D eigenvalue weighted by molar-refractivity contribution is 4.84. The van der Waals surface area contributed by atoms with Crippen LogP contribution in [0.25, 0.3) is 0 Å². The first-order valence-electron chi connectivity index (χ1n) is 4.99. The average molecular weight is 172 g/mol. The topological polar surface area (TPSA) is 21.8 Å². The van der Waals surface area contributed by atoms with Crippen molar-refractivity contribution < 1.29 is 9.47 Å². The van der Waals surface area contributed by atoms with E-state index in [0.717, 1.165) is 13.2 Å². The minimum atomic E-state index is 0.464. The van der Waals surface area contributed by atoms with Crippen LogP contribution in [-0.4, -0.2) is 25.4 Å². The zero-order chi connectivity index (χ0) is 8.97. The van der Waals surface area contributed by atoms with Gasteiger partial charge in [-0.1, -0.05) is 20.3 Å². The van der Waals surface area contributed by atoms with Crippen molar-refractivity contribution in [2.24, 2.45) is 5.92 Å². The maximum absolute atomic E-state index is 5.51. The summed E-state index contributed by atoms with van der Waals surface area (Å²) in [5, 5.41) is 0. The standard InChI is InChI=1S/C10H20O2/c1-4-5-6-11-7-8(2)10-9(3)12-10/h8-10H,4-7H2,1-3H3/t8-,9-,10+/m1/s1. The predicted molar refractivity (Wildman–Crippen MR) is 49.2 cm³/mol. The van der Waals surface area contributed by atoms with Crippen LogP contribution in [0.15, 0.2) is 0 Å². The summed E-state index contributed by atoms with van der Waals surface area (Å²) in [7, 11) is 0. The SMILES string of the molecule is CCCCOC[C@@H](C)[C@@H]1O[C@@H]1C. The molecule has 0 amide bonds. The minimum Gasteiger partial charge on any atom is -0.381 e. The maximum atomic E-state index is 5.51. The largest absolute Gasteiger partial charge is 0.381 e. The van der Waals surface area contributed by atoms with Gasteiger partial charge in [-0.05, 0) is 13.3 Å². The minimum absolute atomic E-state index is 0.464. The van der Waals surface area contributed by atoms with E-state index in [-0.39, 0.29) is 0 Å². The molecule has 0 aromatic heterocycles. The van der Waals surface area contributed by atoms with Crippen LogP contribution in [0, 0.1) is 5.92 Å². The van der Waals surface area contributed by atoms with E-state index in [0.29, 0.717) is 18.1 Å². The molecule has 72 valence electrons. The average Bonchev–Trinajstić information content (AvgIpc) is 2.76. The molecule has 1 aliphatic rings. The van der Waals surface area contributed by atoms with Gasteiger partial charge in [-0.2, -0.15) is 0 Å². The lowest BCUT2D eigenvalue weighted by Gasteiger charge is -2.08. The molecule has 1 saturated heterocycles. The second-order valence-electron chi connectivity index (χ2n) is 3.71. The van der Waals surface area contributed by atoms with Gasteiger partial charge in [0.15, 0.2) is 0 Å². The molecule has 1 fully saturated rings. The fourth-order valence-electron chi connectivity index (χ4n) is 1.41. The van der Waals surface area contributed by atoms with E-state index in [1.165, 1.54) is 12.8 Å². The Labute approximate surface area is 75.2 Å². The molecule has 2 nitrogen and oxygen atoms in total. The van der Waals surface area contributed by atoms with Crippen molar-refractivity contribution in [2.75, 3.05) is 13.2 Å². The first-order chi connectivity index (χ1) is 5.75. The van der Waals surface area contributed by atoms with Crippen LogP contribution in [0.1, 0.15) is 33.6 Å². The Morgan fingerprint density at radius 1 is 1.50 bits per heavy atom. The molecule has 0 bridgehead atoms. The fraction of sp³-hybridized carbons (Fsp3) is 1.00. The number of unbranched alkanes of at least 4 members (excludes halogenated alkanes) is 1. The van der Waals surface area contributed by atoms with Crippen LogP contribution in [0.2, 0.25) is 0 Å². The van der Waals surface area contributed by atoms with E-state index in [1.807, 2.05) is 0 Å². The Morgan fingerprint density at radius 2 is 2.17 bits per heavy atom. The van der Waals surface area contributed by atoms with Crippen molar-refractivity contribution in [3.05, 3.63) is 0 Å². The van der Waals surface area contributed by atoms with Gasteiger partial charge in [-0.25, -0.2) is 0 Å². The highest BCUT2D eigenvalue weighted by Crippen LogP contribution is 2.28. The Hall–Kier alpha value is -0.0800. The molecule has 0 unspecified atom stereocenters. The third-order valence-electron chi connectivity index (χ3n) is 2.34. The zero-order valence-electron chi connectivity index (χ0n) is 8.38. The highest BCUT2D eigenvalue weighted by atomic mass is 16.6. The number of epoxide rings is 1. The second kappa shape index (κ2) is 4.83. The van der Waals surface area contributed by atoms with Gasteiger partial charge in [0.1, 0.15) is 0 Å². The molecule has 2 heteroatoms. The summed E-state index contributed by atoms with van der Waals surface area (Å²) < 4.78 is 10.9. The first-order valence-corrected chi connectivity index (χ1v) is 4.99. The van der Waals surface area contributed by atoms with Gasteiger partial charge in [0, 0.05) is 12.5 Å². The van der Waals surface area contributed by atoms with Gasteiger partial charge in [0.05, 0.1) is 18.8 Å². The van der Waals surface area contributed by atoms with Crippen LogP contribution < -0.4 is 0 Å². The van der Waals surface area contributed by atoms with Crippen molar-refractivity contribution >= 4 is 0 Å². The molecule has 0 spiro atoms. The summed E-state index contributed by atoms with van der Waals surface area (Å²) >= 11 is 0. The van der Waals surface area contributed by atoms with Crippen LogP contribution in [0.4, 0.5) is 0 Å². The van der Waals surface area contributed by atoms with E-state index in [1.54, 1.807) is 0 Å². The number of hydrogen-bond donors (Lipinski definition) is 0. The molecule has 3 atom stereocenters. The Balaban J connectivity index is 1.92. The van der Waals surface area contributed by atoms with Gasteiger partial charge >= 0.3 is 0 Å². The van der Waals surface area contributed by atoms with Crippen molar-refractivity contribution in [3.63, 3.8) is 0 Å². The summed E-state index contributed by atoms with van der Waals surface area (Å²) in [4.78, 5) is 0. The van der Waals surface area contributed by atoms with Crippen molar-refractivity contribution in [1.82, 2.24) is 0 Å². The smallest absolute Gasteiger partial charge is 0.0886 e. The lowest BCUT2D eigenvalue weighted by atomic mass is 10.1. The molecular weight excluding hydrogens is 152 g/mol. The molecule has 0 aliphatic carbocycles. The van der Waals surface area contributed by atoms with Gasteiger partial charge in [0.25, 0.3) is 0 Å². The highest BCUT2D eigenvalue weighted by Gasteiger charge is 2.38. The van der Waals surface area contributed by atoms with Crippen molar-refractivity contribution in [2.45, 2.75) is 45.8 Å². The van der Waals surface area contributed by atoms with Crippen LogP contribution in [0.5, 0.6) is 0 Å². The van der Waals surface area contributed by atoms with Crippen molar-refractivity contribution in [1.29, 1.82) is 0 Å². The summed E-state index contributed by atoms with van der Waals surface area (Å²) in [6, 6.07) is 0. The van der Waals surface area contributed by atoms with Crippen LogP contribution in [-0.2, 0) is 9.47 Å². The zero-order valence-corrected chi connectivity index (χ0v) is 8.38. The molecule has 1 heterocycles. The van der Waals surface area contributed by atoms with Gasteiger partial charge in [-0.3, -0.25) is 0 Å². The molecule has 0 N–H and O–H groups in total. The molecule has 0 saturated carbocycles. The summed E-state index contributed by atoms with van der Waals surface area (Å²) in [5.41, 5.74) is 0. The Morgan fingerprint density at radius 3 is 2.67 bits per heavy atom. The van der Waals surface area contributed by atoms with E-state index in [9.17, 15) is 0 Å². The molecule has 0 aromatic rings. The molecule has 12 heavy (non-hydrogen) atoms. The summed E-state index contributed by atoms with van der Waals surface area (Å²) in [6.07, 6.45) is 3.32. The van der Waals surface area contributed by atoms with Crippen LogP contribution >= 0.6 is 0 Å². The van der Waals surface area contributed by atoms with Gasteiger partial charge < -0.3 is 9.47 Å². The molecule has 0 radical (unpaired) electrons. The Bertz CT molecular complexity index is 125. The second-order valence-corrected chi connectivity index (χ2v) is 3.71. The quantitative estimate of drug-likeness (QED) is 0.452. The number of hydrogen-bond acceptors (Lipinski definition) is 2. The Kier molecular flexibility index (Phi) is 4.02. The fourth-order valence-corrected chi connectivity index (χ4v) is 1.41. The molecule has 0 aromatic carbocycles. The third-order valence-corrected chi connectivity index (χ3v) is 2.34. The predicted octanol–water partition coefficient (Wildman–Crippen LogP) is 2.23. The monoisotopic (exact) mass is 172 g/mol. The van der Waals surface area contributed by atoms with E-state index < -0.39 is 0 Å². The maximum Gasteiger partial charge on any atom is 0.0886 e. The first kappa shape index (κ1) is 10.0. The van der Waals surface area contributed by atoms with Gasteiger partial charge in [0.2, 0.25) is 0 Å². The lowest BCUT2D eigenvalue weighted by Crippen LogP contribution is -2.13. The summed E-state index contributed by atoms with van der Waals surface area (Å²) in [5.74, 6) is 0.567. The van der Waals surface area contributed by atoms with Gasteiger partial charge in [-0.15, -0.1) is 0 Å². The normalized spacial score (nSPS) is 30.2. The number of ether oxygens (including phenoxy) is 2. The molecule has 1 aliphatic heterocycles.